The third-order valence-corrected chi connectivity index (χ3v) is 5.17. The number of furan rings is 1. The van der Waals surface area contributed by atoms with Crippen molar-refractivity contribution in [3.63, 3.8) is 0 Å². The lowest BCUT2D eigenvalue weighted by molar-refractivity contribution is -0.116. The van der Waals surface area contributed by atoms with Gasteiger partial charge in [0, 0.05) is 17.6 Å². The van der Waals surface area contributed by atoms with Crippen molar-refractivity contribution >= 4 is 45.9 Å². The average molecular weight is 403 g/mol. The van der Waals surface area contributed by atoms with Crippen LogP contribution in [0.3, 0.4) is 0 Å². The van der Waals surface area contributed by atoms with Gasteiger partial charge in [0.05, 0.1) is 12.0 Å². The lowest BCUT2D eigenvalue weighted by atomic mass is 10.3. The van der Waals surface area contributed by atoms with Crippen molar-refractivity contribution in [2.75, 3.05) is 16.4 Å². The van der Waals surface area contributed by atoms with Gasteiger partial charge in [-0.05, 0) is 37.6 Å². The van der Waals surface area contributed by atoms with E-state index in [0.29, 0.717) is 23.8 Å². The standard InChI is InChI=1S/C17H17N5O3S2/c1-11-10-27-17(18-11)20-14(23)5-3-9-26-15-7-6-13(21-22-15)19-16(24)12-4-2-8-25-12/h2,4,6-8,10H,3,5,9H2,1H3,(H,18,20,23)(H,19,21,24). The van der Waals surface area contributed by atoms with Gasteiger partial charge in [0.15, 0.2) is 16.7 Å². The summed E-state index contributed by atoms with van der Waals surface area (Å²) < 4.78 is 5.01. The van der Waals surface area contributed by atoms with E-state index >= 15 is 0 Å². The van der Waals surface area contributed by atoms with Crippen LogP contribution in [-0.4, -0.2) is 32.7 Å². The van der Waals surface area contributed by atoms with Crippen LogP contribution >= 0.6 is 23.1 Å². The molecule has 0 saturated heterocycles. The Labute approximate surface area is 163 Å². The molecular weight excluding hydrogens is 386 g/mol. The number of carbonyl (C=O) groups is 2. The molecule has 0 unspecified atom stereocenters. The van der Waals surface area contributed by atoms with Gasteiger partial charge >= 0.3 is 0 Å². The summed E-state index contributed by atoms with van der Waals surface area (Å²) in [6, 6.07) is 6.65. The average Bonchev–Trinajstić information content (AvgIpc) is 3.32. The largest absolute Gasteiger partial charge is 0.459 e. The lowest BCUT2D eigenvalue weighted by Gasteiger charge is -2.04. The number of aryl methyl sites for hydroxylation is 1. The van der Waals surface area contributed by atoms with Gasteiger partial charge in [0.1, 0.15) is 5.03 Å². The maximum atomic E-state index is 11.8. The molecule has 0 atom stereocenters. The highest BCUT2D eigenvalue weighted by Gasteiger charge is 2.10. The molecule has 8 nitrogen and oxygen atoms in total. The van der Waals surface area contributed by atoms with E-state index in [1.165, 1.54) is 29.4 Å². The third kappa shape index (κ3) is 5.90. The van der Waals surface area contributed by atoms with Gasteiger partial charge in [-0.15, -0.1) is 33.3 Å². The van der Waals surface area contributed by atoms with Gasteiger partial charge in [-0.25, -0.2) is 4.98 Å². The van der Waals surface area contributed by atoms with Gasteiger partial charge < -0.3 is 15.1 Å². The molecule has 0 radical (unpaired) electrons. The number of hydrogen-bond donors (Lipinski definition) is 2. The maximum Gasteiger partial charge on any atom is 0.292 e. The molecule has 0 aliphatic heterocycles. The predicted octanol–water partition coefficient (Wildman–Crippen LogP) is 3.60. The monoisotopic (exact) mass is 403 g/mol. The lowest BCUT2D eigenvalue weighted by Crippen LogP contribution is -2.12. The zero-order valence-electron chi connectivity index (χ0n) is 14.5. The van der Waals surface area contributed by atoms with Crippen molar-refractivity contribution in [1.82, 2.24) is 15.2 Å². The van der Waals surface area contributed by atoms with E-state index in [-0.39, 0.29) is 17.6 Å². The molecule has 2 N–H and O–H groups in total. The van der Waals surface area contributed by atoms with E-state index < -0.39 is 0 Å². The van der Waals surface area contributed by atoms with E-state index in [0.717, 1.165) is 16.5 Å². The summed E-state index contributed by atoms with van der Waals surface area (Å²) in [4.78, 5) is 27.9. The highest BCUT2D eigenvalue weighted by Crippen LogP contribution is 2.18. The fraction of sp³-hybridized carbons (Fsp3) is 0.235. The Hall–Kier alpha value is -2.72. The summed E-state index contributed by atoms with van der Waals surface area (Å²) >= 11 is 2.92. The summed E-state index contributed by atoms with van der Waals surface area (Å²) in [5.74, 6) is 0.861. The molecule has 3 heterocycles. The van der Waals surface area contributed by atoms with Crippen LogP contribution in [-0.2, 0) is 4.79 Å². The molecule has 27 heavy (non-hydrogen) atoms. The number of thiazole rings is 1. The van der Waals surface area contributed by atoms with Gasteiger partial charge in [-0.1, -0.05) is 0 Å². The summed E-state index contributed by atoms with van der Waals surface area (Å²) in [5, 5.41) is 16.7. The van der Waals surface area contributed by atoms with Crippen LogP contribution in [0.15, 0.2) is 45.4 Å². The Morgan fingerprint density at radius 1 is 1.22 bits per heavy atom. The molecule has 0 spiro atoms. The van der Waals surface area contributed by atoms with Gasteiger partial charge in [-0.2, -0.15) is 0 Å². The van der Waals surface area contributed by atoms with Crippen LogP contribution in [0.5, 0.6) is 0 Å². The van der Waals surface area contributed by atoms with Crippen LogP contribution in [0.4, 0.5) is 10.9 Å². The minimum atomic E-state index is -0.379. The highest BCUT2D eigenvalue weighted by atomic mass is 32.2. The van der Waals surface area contributed by atoms with Gasteiger partial charge in [0.2, 0.25) is 5.91 Å². The van der Waals surface area contributed by atoms with E-state index in [1.54, 1.807) is 24.3 Å². The summed E-state index contributed by atoms with van der Waals surface area (Å²) in [6.07, 6.45) is 2.55. The second-order valence-electron chi connectivity index (χ2n) is 5.48. The molecule has 3 aromatic heterocycles. The van der Waals surface area contributed by atoms with Crippen molar-refractivity contribution in [3.8, 4) is 0 Å². The first-order chi connectivity index (χ1) is 13.1. The molecule has 0 fully saturated rings. The molecule has 140 valence electrons. The number of aromatic nitrogens is 3. The Bertz CT molecular complexity index is 894. The number of nitrogens with one attached hydrogen (secondary N) is 2. The molecule has 0 aromatic carbocycles. The Morgan fingerprint density at radius 3 is 2.78 bits per heavy atom. The maximum absolute atomic E-state index is 11.8. The van der Waals surface area contributed by atoms with Gasteiger partial charge in [0.25, 0.3) is 5.91 Å². The molecule has 0 aliphatic rings. The topological polar surface area (TPSA) is 110 Å². The normalized spacial score (nSPS) is 10.6. The number of thioether (sulfide) groups is 1. The Kier molecular flexibility index (Phi) is 6.55. The SMILES string of the molecule is Cc1csc(NC(=O)CCCSc2ccc(NC(=O)c3ccco3)nn2)n1. The smallest absolute Gasteiger partial charge is 0.292 e. The number of nitrogens with zero attached hydrogens (tertiary/aromatic N) is 3. The number of rotatable bonds is 8. The van der Waals surface area contributed by atoms with Crippen molar-refractivity contribution in [2.24, 2.45) is 0 Å². The third-order valence-electron chi connectivity index (χ3n) is 3.29. The first kappa shape index (κ1) is 19.1. The van der Waals surface area contributed by atoms with Crippen LogP contribution in [0, 0.1) is 6.92 Å². The quantitative estimate of drug-likeness (QED) is 0.437. The fourth-order valence-electron chi connectivity index (χ4n) is 2.05. The Balaban J connectivity index is 1.37. The predicted molar refractivity (Wildman–Crippen MR) is 104 cm³/mol. The summed E-state index contributed by atoms with van der Waals surface area (Å²) in [6.45, 7) is 1.89. The molecule has 0 aliphatic carbocycles. The molecule has 10 heteroatoms. The van der Waals surface area contributed by atoms with Crippen molar-refractivity contribution in [2.45, 2.75) is 24.8 Å². The van der Waals surface area contributed by atoms with E-state index in [2.05, 4.69) is 25.8 Å². The first-order valence-electron chi connectivity index (χ1n) is 8.13. The number of carbonyl (C=O) groups excluding carboxylic acids is 2. The minimum Gasteiger partial charge on any atom is -0.459 e. The van der Waals surface area contributed by atoms with Gasteiger partial charge in [-0.3, -0.25) is 9.59 Å². The van der Waals surface area contributed by atoms with Crippen molar-refractivity contribution < 1.29 is 14.0 Å². The zero-order valence-corrected chi connectivity index (χ0v) is 16.1. The molecule has 0 saturated carbocycles. The van der Waals surface area contributed by atoms with Crippen LogP contribution < -0.4 is 10.6 Å². The molecular formula is C17H17N5O3S2. The molecule has 3 rings (SSSR count). The first-order valence-corrected chi connectivity index (χ1v) is 10.00. The van der Waals surface area contributed by atoms with Crippen molar-refractivity contribution in [1.29, 1.82) is 0 Å². The van der Waals surface area contributed by atoms with Crippen molar-refractivity contribution in [3.05, 3.63) is 47.4 Å². The van der Waals surface area contributed by atoms with Crippen LogP contribution in [0.1, 0.15) is 29.1 Å². The molecule has 0 bridgehead atoms. The molecule has 3 aromatic rings. The number of amides is 2. The number of hydrogen-bond acceptors (Lipinski definition) is 8. The van der Waals surface area contributed by atoms with E-state index in [4.69, 9.17) is 4.42 Å². The summed E-state index contributed by atoms with van der Waals surface area (Å²) in [7, 11) is 0. The minimum absolute atomic E-state index is 0.0491. The zero-order chi connectivity index (χ0) is 19.1. The Morgan fingerprint density at radius 2 is 2.11 bits per heavy atom. The van der Waals surface area contributed by atoms with E-state index in [9.17, 15) is 9.59 Å². The van der Waals surface area contributed by atoms with Crippen LogP contribution in [0.2, 0.25) is 0 Å². The van der Waals surface area contributed by atoms with Crippen LogP contribution in [0.25, 0.3) is 0 Å². The molecule has 2 amide bonds. The second-order valence-corrected chi connectivity index (χ2v) is 7.46. The highest BCUT2D eigenvalue weighted by molar-refractivity contribution is 7.99. The number of anilines is 2. The summed E-state index contributed by atoms with van der Waals surface area (Å²) in [5.41, 5.74) is 0.897. The second kappa shape index (κ2) is 9.28. The van der Waals surface area contributed by atoms with E-state index in [1.807, 2.05) is 12.3 Å². The fourth-order valence-corrected chi connectivity index (χ4v) is 3.52.